The summed E-state index contributed by atoms with van der Waals surface area (Å²) in [5.74, 6) is 0.0538. The lowest BCUT2D eigenvalue weighted by Gasteiger charge is -2.25. The maximum absolute atomic E-state index is 12.7. The summed E-state index contributed by atoms with van der Waals surface area (Å²) < 4.78 is 26.9. The van der Waals surface area contributed by atoms with Crippen molar-refractivity contribution in [3.63, 3.8) is 0 Å². The van der Waals surface area contributed by atoms with Crippen LogP contribution in [0.1, 0.15) is 59.4 Å². The molecule has 0 radical (unpaired) electrons. The molecule has 0 aliphatic carbocycles. The number of anilines is 1. The average molecular weight is 408 g/mol. The quantitative estimate of drug-likeness (QED) is 0.812. The molecule has 1 amide bonds. The van der Waals surface area contributed by atoms with Crippen LogP contribution < -0.4 is 5.32 Å². The highest BCUT2D eigenvalue weighted by Crippen LogP contribution is 2.26. The number of carbonyl (C=O) groups is 1. The van der Waals surface area contributed by atoms with Crippen molar-refractivity contribution in [3.8, 4) is 0 Å². The van der Waals surface area contributed by atoms with Gasteiger partial charge in [0.2, 0.25) is 10.0 Å². The molecule has 0 bridgehead atoms. The second kappa shape index (κ2) is 8.08. The molecule has 0 saturated carbocycles. The van der Waals surface area contributed by atoms with E-state index in [0.29, 0.717) is 29.3 Å². The minimum absolute atomic E-state index is 0.219. The molecule has 0 unspecified atom stereocenters. The third kappa shape index (κ3) is 4.39. The predicted octanol–water partition coefficient (Wildman–Crippen LogP) is 4.00. The van der Waals surface area contributed by atoms with Gasteiger partial charge in [0.25, 0.3) is 5.91 Å². The lowest BCUT2D eigenvalue weighted by molar-refractivity contribution is 0.103. The van der Waals surface area contributed by atoms with E-state index in [9.17, 15) is 13.2 Å². The van der Waals surface area contributed by atoms with Gasteiger partial charge in [0.1, 0.15) is 4.88 Å². The van der Waals surface area contributed by atoms with E-state index in [4.69, 9.17) is 0 Å². The van der Waals surface area contributed by atoms with Crippen LogP contribution >= 0.6 is 11.3 Å². The Morgan fingerprint density at radius 1 is 1.15 bits per heavy atom. The number of aryl methyl sites for hydroxylation is 1. The van der Waals surface area contributed by atoms with Crippen molar-refractivity contribution in [1.29, 1.82) is 0 Å². The molecule has 1 aliphatic heterocycles. The molecule has 1 fully saturated rings. The molecule has 1 aromatic heterocycles. The highest BCUT2D eigenvalue weighted by Gasteiger charge is 2.25. The number of nitrogens with one attached hydrogen (secondary N) is 1. The zero-order valence-corrected chi connectivity index (χ0v) is 17.5. The van der Waals surface area contributed by atoms with Crippen molar-refractivity contribution in [1.82, 2.24) is 9.29 Å². The molecule has 2 heterocycles. The van der Waals surface area contributed by atoms with Crippen LogP contribution in [0, 0.1) is 6.92 Å². The van der Waals surface area contributed by atoms with Gasteiger partial charge in [-0.05, 0) is 44.0 Å². The minimum atomic E-state index is -3.46. The molecule has 146 valence electrons. The van der Waals surface area contributed by atoms with Crippen LogP contribution in [0.25, 0.3) is 0 Å². The molecule has 1 N–H and O–H groups in total. The molecule has 27 heavy (non-hydrogen) atoms. The van der Waals surface area contributed by atoms with Crippen LogP contribution in [0.3, 0.4) is 0 Å². The van der Waals surface area contributed by atoms with E-state index < -0.39 is 10.0 Å². The van der Waals surface area contributed by atoms with Crippen molar-refractivity contribution in [3.05, 3.63) is 39.8 Å². The van der Waals surface area contributed by atoms with Crippen LogP contribution in [0.4, 0.5) is 5.69 Å². The smallest absolute Gasteiger partial charge is 0.267 e. The third-order valence-electron chi connectivity index (χ3n) is 4.58. The summed E-state index contributed by atoms with van der Waals surface area (Å²) in [5, 5.41) is 3.76. The average Bonchev–Trinajstić information content (AvgIpc) is 3.05. The normalized spacial score (nSPS) is 15.9. The van der Waals surface area contributed by atoms with Crippen LogP contribution in [0.5, 0.6) is 0 Å². The fraction of sp³-hybridized carbons (Fsp3) is 0.474. The molecule has 1 aromatic carbocycles. The number of thiazole rings is 1. The Bertz CT molecular complexity index is 912. The second-order valence-electron chi connectivity index (χ2n) is 7.06. The van der Waals surface area contributed by atoms with E-state index in [1.807, 2.05) is 20.8 Å². The molecule has 0 atom stereocenters. The maximum Gasteiger partial charge on any atom is 0.267 e. The molecule has 1 aliphatic rings. The SMILES string of the molecule is Cc1nc(C(C)C)sc1C(=O)Nc1ccc(S(=O)(=O)N2CCCCC2)cc1. The largest absolute Gasteiger partial charge is 0.321 e. The number of sulfonamides is 1. The summed E-state index contributed by atoms with van der Waals surface area (Å²) >= 11 is 1.40. The fourth-order valence-electron chi connectivity index (χ4n) is 3.03. The molecular weight excluding hydrogens is 382 g/mol. The van der Waals surface area contributed by atoms with Crippen LogP contribution in [-0.4, -0.2) is 36.7 Å². The van der Waals surface area contributed by atoms with E-state index in [1.54, 1.807) is 24.3 Å². The summed E-state index contributed by atoms with van der Waals surface area (Å²) in [7, 11) is -3.46. The number of rotatable bonds is 5. The Kier molecular flexibility index (Phi) is 5.98. The number of benzene rings is 1. The van der Waals surface area contributed by atoms with Crippen molar-refractivity contribution in [2.45, 2.75) is 50.8 Å². The second-order valence-corrected chi connectivity index (χ2v) is 10.0. The Balaban J connectivity index is 1.73. The summed E-state index contributed by atoms with van der Waals surface area (Å²) in [6.45, 7) is 7.06. The van der Waals surface area contributed by atoms with E-state index in [0.717, 1.165) is 24.3 Å². The summed E-state index contributed by atoms with van der Waals surface area (Å²) in [5.41, 5.74) is 1.28. The highest BCUT2D eigenvalue weighted by atomic mass is 32.2. The van der Waals surface area contributed by atoms with Crippen LogP contribution in [0.2, 0.25) is 0 Å². The van der Waals surface area contributed by atoms with Gasteiger partial charge in [0.15, 0.2) is 0 Å². The first-order valence-electron chi connectivity index (χ1n) is 9.18. The van der Waals surface area contributed by atoms with Gasteiger partial charge < -0.3 is 5.32 Å². The van der Waals surface area contributed by atoms with Gasteiger partial charge in [0.05, 0.1) is 15.6 Å². The number of aromatic nitrogens is 1. The Hall–Kier alpha value is -1.77. The molecule has 6 nitrogen and oxygen atoms in total. The van der Waals surface area contributed by atoms with Crippen molar-refractivity contribution in [2.75, 3.05) is 18.4 Å². The zero-order valence-electron chi connectivity index (χ0n) is 15.9. The van der Waals surface area contributed by atoms with Gasteiger partial charge in [-0.3, -0.25) is 4.79 Å². The standard InChI is InChI=1S/C19H25N3O3S2/c1-13(2)19-20-14(3)17(26-19)18(23)21-15-7-9-16(10-8-15)27(24,25)22-11-5-4-6-12-22/h7-10,13H,4-6,11-12H2,1-3H3,(H,21,23). The minimum Gasteiger partial charge on any atom is -0.321 e. The lowest BCUT2D eigenvalue weighted by Crippen LogP contribution is -2.35. The highest BCUT2D eigenvalue weighted by molar-refractivity contribution is 7.89. The van der Waals surface area contributed by atoms with Gasteiger partial charge in [-0.15, -0.1) is 11.3 Å². The topological polar surface area (TPSA) is 79.4 Å². The fourth-order valence-corrected chi connectivity index (χ4v) is 5.51. The summed E-state index contributed by atoms with van der Waals surface area (Å²) in [6.07, 6.45) is 2.88. The first kappa shape index (κ1) is 20.0. The number of nitrogens with zero attached hydrogens (tertiary/aromatic N) is 2. The van der Waals surface area contributed by atoms with Gasteiger partial charge in [-0.2, -0.15) is 4.31 Å². The number of hydrogen-bond donors (Lipinski definition) is 1. The van der Waals surface area contributed by atoms with E-state index in [-0.39, 0.29) is 16.7 Å². The molecule has 0 spiro atoms. The number of amides is 1. The van der Waals surface area contributed by atoms with Crippen molar-refractivity contribution >= 4 is 33.0 Å². The Morgan fingerprint density at radius 3 is 2.33 bits per heavy atom. The number of piperidine rings is 1. The molecule has 1 saturated heterocycles. The number of hydrogen-bond acceptors (Lipinski definition) is 5. The molecular formula is C19H25N3O3S2. The van der Waals surface area contributed by atoms with Crippen LogP contribution in [-0.2, 0) is 10.0 Å². The van der Waals surface area contributed by atoms with Crippen molar-refractivity contribution < 1.29 is 13.2 Å². The first-order chi connectivity index (χ1) is 12.8. The Morgan fingerprint density at radius 2 is 1.78 bits per heavy atom. The van der Waals surface area contributed by atoms with Gasteiger partial charge in [-0.25, -0.2) is 13.4 Å². The van der Waals surface area contributed by atoms with Crippen molar-refractivity contribution in [2.24, 2.45) is 0 Å². The first-order valence-corrected chi connectivity index (χ1v) is 11.4. The maximum atomic E-state index is 12.7. The molecule has 3 rings (SSSR count). The third-order valence-corrected chi connectivity index (χ3v) is 7.95. The van der Waals surface area contributed by atoms with E-state index >= 15 is 0 Å². The Labute approximate surface area is 164 Å². The molecule has 8 heteroatoms. The van der Waals surface area contributed by atoms with Crippen LogP contribution in [0.15, 0.2) is 29.2 Å². The monoisotopic (exact) mass is 407 g/mol. The van der Waals surface area contributed by atoms with E-state index in [2.05, 4.69) is 10.3 Å². The lowest BCUT2D eigenvalue weighted by atomic mass is 10.2. The number of carbonyl (C=O) groups excluding carboxylic acids is 1. The summed E-state index contributed by atoms with van der Waals surface area (Å²) in [4.78, 5) is 17.8. The summed E-state index contributed by atoms with van der Waals surface area (Å²) in [6, 6.07) is 6.38. The van der Waals surface area contributed by atoms with Gasteiger partial charge in [0, 0.05) is 24.7 Å². The van der Waals surface area contributed by atoms with Gasteiger partial charge >= 0.3 is 0 Å². The molecule has 2 aromatic rings. The van der Waals surface area contributed by atoms with Gasteiger partial charge in [-0.1, -0.05) is 20.3 Å². The van der Waals surface area contributed by atoms with E-state index in [1.165, 1.54) is 15.6 Å². The predicted molar refractivity (Wildman–Crippen MR) is 108 cm³/mol. The zero-order chi connectivity index (χ0) is 19.6.